The van der Waals surface area contributed by atoms with Gasteiger partial charge >= 0.3 is 0 Å². The SMILES string of the molecule is CC(C)N(C)C(=O)C(=O)c1c[nH]c2ccc(F)c(F)c12. The van der Waals surface area contributed by atoms with E-state index in [0.717, 1.165) is 6.07 Å². The van der Waals surface area contributed by atoms with Gasteiger partial charge in [-0.2, -0.15) is 0 Å². The van der Waals surface area contributed by atoms with Crippen molar-refractivity contribution in [3.63, 3.8) is 0 Å². The van der Waals surface area contributed by atoms with Crippen molar-refractivity contribution in [2.45, 2.75) is 19.9 Å². The first kappa shape index (κ1) is 14.2. The number of carbonyl (C=O) groups excluding carboxylic acids is 2. The van der Waals surface area contributed by atoms with Crippen LogP contribution in [0.25, 0.3) is 10.9 Å². The van der Waals surface area contributed by atoms with Crippen molar-refractivity contribution >= 4 is 22.6 Å². The zero-order valence-corrected chi connectivity index (χ0v) is 11.3. The summed E-state index contributed by atoms with van der Waals surface area (Å²) in [6, 6.07) is 2.12. The van der Waals surface area contributed by atoms with E-state index in [1.165, 1.54) is 24.2 Å². The number of ketones is 1. The van der Waals surface area contributed by atoms with Crippen LogP contribution >= 0.6 is 0 Å². The van der Waals surface area contributed by atoms with Crippen LogP contribution in [0.2, 0.25) is 0 Å². The minimum absolute atomic E-state index is 0.158. The normalized spacial score (nSPS) is 11.1. The van der Waals surface area contributed by atoms with Crippen molar-refractivity contribution < 1.29 is 18.4 Å². The molecule has 0 saturated heterocycles. The minimum atomic E-state index is -1.13. The van der Waals surface area contributed by atoms with Crippen LogP contribution in [0.1, 0.15) is 24.2 Å². The molecule has 0 aliphatic carbocycles. The van der Waals surface area contributed by atoms with E-state index in [0.29, 0.717) is 0 Å². The number of hydrogen-bond donors (Lipinski definition) is 1. The highest BCUT2D eigenvalue weighted by atomic mass is 19.2. The van der Waals surface area contributed by atoms with Crippen LogP contribution in [0.4, 0.5) is 8.78 Å². The van der Waals surface area contributed by atoms with Gasteiger partial charge in [-0.1, -0.05) is 0 Å². The van der Waals surface area contributed by atoms with Crippen molar-refractivity contribution in [1.82, 2.24) is 9.88 Å². The van der Waals surface area contributed by atoms with Gasteiger partial charge in [-0.15, -0.1) is 0 Å². The summed E-state index contributed by atoms with van der Waals surface area (Å²) in [5, 5.41) is -0.194. The highest BCUT2D eigenvalue weighted by molar-refractivity contribution is 6.44. The molecule has 1 amide bonds. The molecule has 1 aromatic carbocycles. The lowest BCUT2D eigenvalue weighted by atomic mass is 10.1. The van der Waals surface area contributed by atoms with Crippen LogP contribution < -0.4 is 0 Å². The van der Waals surface area contributed by atoms with Gasteiger partial charge in [0.2, 0.25) is 0 Å². The number of aromatic amines is 1. The molecule has 0 fully saturated rings. The number of rotatable bonds is 3. The number of amides is 1. The average Bonchev–Trinajstić information content (AvgIpc) is 2.84. The number of nitrogens with zero attached hydrogens (tertiary/aromatic N) is 1. The van der Waals surface area contributed by atoms with Gasteiger partial charge in [-0.25, -0.2) is 8.78 Å². The molecule has 0 aliphatic heterocycles. The second-order valence-electron chi connectivity index (χ2n) is 4.83. The highest BCUT2D eigenvalue weighted by Gasteiger charge is 2.26. The van der Waals surface area contributed by atoms with E-state index in [1.807, 2.05) is 0 Å². The number of fused-ring (bicyclic) bond motifs is 1. The zero-order valence-electron chi connectivity index (χ0n) is 11.3. The molecule has 2 rings (SSSR count). The molecular formula is C14H14F2N2O2. The molecule has 1 aromatic heterocycles. The lowest BCUT2D eigenvalue weighted by molar-refractivity contribution is -0.126. The van der Waals surface area contributed by atoms with Crippen LogP contribution in [0, 0.1) is 11.6 Å². The number of aromatic nitrogens is 1. The Kier molecular flexibility index (Phi) is 3.57. The third-order valence-corrected chi connectivity index (χ3v) is 3.27. The molecule has 6 heteroatoms. The summed E-state index contributed by atoms with van der Waals surface area (Å²) < 4.78 is 27.1. The first-order chi connectivity index (χ1) is 9.34. The third kappa shape index (κ3) is 2.17. The fourth-order valence-electron chi connectivity index (χ4n) is 1.85. The van der Waals surface area contributed by atoms with E-state index in [4.69, 9.17) is 0 Å². The van der Waals surface area contributed by atoms with Crippen molar-refractivity contribution in [1.29, 1.82) is 0 Å². The number of likely N-dealkylation sites (N-methyl/N-ethyl adjacent to an activating group) is 1. The fourth-order valence-corrected chi connectivity index (χ4v) is 1.85. The van der Waals surface area contributed by atoms with E-state index in [-0.39, 0.29) is 22.5 Å². The van der Waals surface area contributed by atoms with E-state index >= 15 is 0 Å². The molecule has 1 N–H and O–H groups in total. The monoisotopic (exact) mass is 280 g/mol. The van der Waals surface area contributed by atoms with E-state index in [2.05, 4.69) is 4.98 Å². The summed E-state index contributed by atoms with van der Waals surface area (Å²) in [7, 11) is 1.48. The maximum atomic E-state index is 13.8. The van der Waals surface area contributed by atoms with E-state index in [1.54, 1.807) is 13.8 Å². The van der Waals surface area contributed by atoms with Gasteiger partial charge in [0.15, 0.2) is 11.6 Å². The van der Waals surface area contributed by atoms with Crippen molar-refractivity contribution in [3.8, 4) is 0 Å². The van der Waals surface area contributed by atoms with Gasteiger partial charge in [-0.3, -0.25) is 9.59 Å². The first-order valence-electron chi connectivity index (χ1n) is 6.11. The predicted molar refractivity (Wildman–Crippen MR) is 70.5 cm³/mol. The highest BCUT2D eigenvalue weighted by Crippen LogP contribution is 2.24. The molecule has 0 unspecified atom stereocenters. The Morgan fingerprint density at radius 3 is 2.50 bits per heavy atom. The van der Waals surface area contributed by atoms with E-state index < -0.39 is 23.3 Å². The second-order valence-corrected chi connectivity index (χ2v) is 4.83. The van der Waals surface area contributed by atoms with Crippen LogP contribution in [-0.4, -0.2) is 34.7 Å². The summed E-state index contributed by atoms with van der Waals surface area (Å²) in [6.07, 6.45) is 1.22. The van der Waals surface area contributed by atoms with Gasteiger partial charge in [-0.05, 0) is 26.0 Å². The Morgan fingerprint density at radius 1 is 1.25 bits per heavy atom. The number of H-pyrrole nitrogens is 1. The molecule has 1 heterocycles. The molecule has 4 nitrogen and oxygen atoms in total. The number of nitrogens with one attached hydrogen (secondary N) is 1. The average molecular weight is 280 g/mol. The van der Waals surface area contributed by atoms with Gasteiger partial charge in [0.1, 0.15) is 0 Å². The van der Waals surface area contributed by atoms with Gasteiger partial charge in [0.05, 0.1) is 5.56 Å². The number of benzene rings is 1. The standard InChI is InChI=1S/C14H14F2N2O2/c1-7(2)18(3)14(20)13(19)8-6-17-10-5-4-9(15)12(16)11(8)10/h4-7,17H,1-3H3. The lowest BCUT2D eigenvalue weighted by Crippen LogP contribution is -2.38. The molecule has 0 aliphatic rings. The van der Waals surface area contributed by atoms with Gasteiger partial charge < -0.3 is 9.88 Å². The largest absolute Gasteiger partial charge is 0.360 e. The quantitative estimate of drug-likeness (QED) is 0.693. The maximum absolute atomic E-state index is 13.8. The Hall–Kier alpha value is -2.24. The Labute approximate surface area is 114 Å². The number of carbonyl (C=O) groups is 2. The maximum Gasteiger partial charge on any atom is 0.295 e. The van der Waals surface area contributed by atoms with Crippen LogP contribution in [0.15, 0.2) is 18.3 Å². The molecular weight excluding hydrogens is 266 g/mol. The molecule has 0 saturated carbocycles. The van der Waals surface area contributed by atoms with Crippen molar-refractivity contribution in [2.75, 3.05) is 7.05 Å². The zero-order chi connectivity index (χ0) is 15.0. The molecule has 20 heavy (non-hydrogen) atoms. The van der Waals surface area contributed by atoms with E-state index in [9.17, 15) is 18.4 Å². The molecule has 106 valence electrons. The molecule has 0 radical (unpaired) electrons. The Bertz CT molecular complexity index is 692. The number of hydrogen-bond acceptors (Lipinski definition) is 2. The Balaban J connectivity index is 2.51. The van der Waals surface area contributed by atoms with Crippen LogP contribution in [0.5, 0.6) is 0 Å². The topological polar surface area (TPSA) is 53.2 Å². The number of Topliss-reactive ketones (excluding diaryl/α,β-unsaturated/α-hetero) is 1. The van der Waals surface area contributed by atoms with Crippen molar-refractivity contribution in [3.05, 3.63) is 35.5 Å². The molecule has 0 bridgehead atoms. The number of halogens is 2. The van der Waals surface area contributed by atoms with Crippen molar-refractivity contribution in [2.24, 2.45) is 0 Å². The summed E-state index contributed by atoms with van der Waals surface area (Å²) in [4.78, 5) is 28.0. The second kappa shape index (κ2) is 5.03. The summed E-state index contributed by atoms with van der Waals surface area (Å²) in [5.41, 5.74) is 0.113. The minimum Gasteiger partial charge on any atom is -0.360 e. The van der Waals surface area contributed by atoms with Crippen LogP contribution in [-0.2, 0) is 4.79 Å². The third-order valence-electron chi connectivity index (χ3n) is 3.27. The fraction of sp³-hybridized carbons (Fsp3) is 0.286. The van der Waals surface area contributed by atoms with Gasteiger partial charge in [0.25, 0.3) is 11.7 Å². The smallest absolute Gasteiger partial charge is 0.295 e. The van der Waals surface area contributed by atoms with Gasteiger partial charge in [0, 0.05) is 30.2 Å². The first-order valence-corrected chi connectivity index (χ1v) is 6.11. The summed E-state index contributed by atoms with van der Waals surface area (Å²) >= 11 is 0. The summed E-state index contributed by atoms with van der Waals surface area (Å²) in [5.74, 6) is -3.82. The predicted octanol–water partition coefficient (Wildman–Crippen LogP) is 2.50. The summed E-state index contributed by atoms with van der Waals surface area (Å²) in [6.45, 7) is 3.50. The molecule has 0 atom stereocenters. The molecule has 2 aromatic rings. The molecule has 0 spiro atoms. The van der Waals surface area contributed by atoms with Crippen LogP contribution in [0.3, 0.4) is 0 Å². The Morgan fingerprint density at radius 2 is 1.90 bits per heavy atom. The lowest BCUT2D eigenvalue weighted by Gasteiger charge is -2.20.